The number of piperazine rings is 1. The first-order chi connectivity index (χ1) is 10.4. The molecule has 8 heteroatoms. The zero-order chi connectivity index (χ0) is 16.4. The molecular formula is C14H18N2O4S2. The number of phenolic OH excluding ortho intramolecular Hbond substituents is 1. The van der Waals surface area contributed by atoms with Crippen LogP contribution >= 0.6 is 23.5 Å². The second-order valence-electron chi connectivity index (χ2n) is 4.93. The van der Waals surface area contributed by atoms with E-state index >= 15 is 0 Å². The van der Waals surface area contributed by atoms with Crippen molar-refractivity contribution in [1.29, 1.82) is 0 Å². The lowest BCUT2D eigenvalue weighted by Crippen LogP contribution is -2.74. The molecule has 1 aliphatic heterocycles. The number of para-hydroxylation sites is 1. The van der Waals surface area contributed by atoms with E-state index in [1.807, 2.05) is 0 Å². The Kier molecular flexibility index (Phi) is 4.93. The Morgan fingerprint density at radius 3 is 2.14 bits per heavy atom. The lowest BCUT2D eigenvalue weighted by molar-refractivity contribution is -0.140. The van der Waals surface area contributed by atoms with Crippen molar-refractivity contribution in [1.82, 2.24) is 10.6 Å². The van der Waals surface area contributed by atoms with Crippen molar-refractivity contribution < 1.29 is 19.8 Å². The van der Waals surface area contributed by atoms with Gasteiger partial charge in [-0.25, -0.2) is 0 Å². The first-order valence-electron chi connectivity index (χ1n) is 6.56. The second-order valence-corrected chi connectivity index (χ2v) is 7.14. The first kappa shape index (κ1) is 17.0. The smallest absolute Gasteiger partial charge is 0.260 e. The van der Waals surface area contributed by atoms with Crippen LogP contribution in [0.2, 0.25) is 0 Å². The van der Waals surface area contributed by atoms with Crippen LogP contribution in [-0.2, 0) is 16.0 Å². The minimum absolute atomic E-state index is 0.0711. The van der Waals surface area contributed by atoms with Gasteiger partial charge in [0.25, 0.3) is 11.8 Å². The molecule has 0 bridgehead atoms. The third-order valence-electron chi connectivity index (χ3n) is 3.72. The zero-order valence-corrected chi connectivity index (χ0v) is 13.9. The fourth-order valence-corrected chi connectivity index (χ4v) is 3.56. The van der Waals surface area contributed by atoms with Gasteiger partial charge in [0.15, 0.2) is 9.74 Å². The molecule has 0 spiro atoms. The van der Waals surface area contributed by atoms with Crippen LogP contribution in [0.1, 0.15) is 5.56 Å². The standard InChI is InChI=1S/C14H18N2O4S2/c1-21-13(7-9-5-3-4-6-10(9)18)11(19)16-14(8-17,22-2)12(20)15-13/h3-6,17-18H,7-8H2,1-2H3,(H,15,20)(H,16,19). The van der Waals surface area contributed by atoms with Crippen molar-refractivity contribution in [2.75, 3.05) is 19.1 Å². The topological polar surface area (TPSA) is 98.7 Å². The van der Waals surface area contributed by atoms with Crippen LogP contribution in [-0.4, -0.2) is 50.9 Å². The van der Waals surface area contributed by atoms with E-state index in [1.54, 1.807) is 30.7 Å². The van der Waals surface area contributed by atoms with Crippen LogP contribution in [0.15, 0.2) is 24.3 Å². The summed E-state index contributed by atoms with van der Waals surface area (Å²) < 4.78 is 0. The molecule has 1 aromatic rings. The van der Waals surface area contributed by atoms with Gasteiger partial charge in [0, 0.05) is 6.42 Å². The highest BCUT2D eigenvalue weighted by Gasteiger charge is 2.53. The highest BCUT2D eigenvalue weighted by molar-refractivity contribution is 8.01. The molecule has 6 nitrogen and oxygen atoms in total. The molecule has 0 aliphatic carbocycles. The van der Waals surface area contributed by atoms with Gasteiger partial charge in [0.05, 0.1) is 6.61 Å². The maximum Gasteiger partial charge on any atom is 0.260 e. The van der Waals surface area contributed by atoms with Crippen LogP contribution < -0.4 is 10.6 Å². The molecule has 1 aliphatic rings. The SMILES string of the molecule is CSC1(CO)NC(=O)C(Cc2ccccc2O)(SC)NC1=O. The molecule has 120 valence electrons. The molecule has 0 aromatic heterocycles. The summed E-state index contributed by atoms with van der Waals surface area (Å²) in [5.74, 6) is -0.778. The summed E-state index contributed by atoms with van der Waals surface area (Å²) in [7, 11) is 0. The Balaban J connectivity index is 2.34. The normalized spacial score (nSPS) is 28.1. The number of aliphatic hydroxyl groups excluding tert-OH is 1. The molecule has 2 atom stereocenters. The quantitative estimate of drug-likeness (QED) is 0.614. The van der Waals surface area contributed by atoms with Crippen molar-refractivity contribution in [3.8, 4) is 5.75 Å². The molecule has 1 saturated heterocycles. The van der Waals surface area contributed by atoms with Crippen LogP contribution in [0.4, 0.5) is 0 Å². The number of aliphatic hydroxyl groups is 1. The molecule has 0 saturated carbocycles. The van der Waals surface area contributed by atoms with E-state index in [4.69, 9.17) is 0 Å². The van der Waals surface area contributed by atoms with Gasteiger partial charge in [-0.3, -0.25) is 9.59 Å². The molecule has 0 radical (unpaired) electrons. The number of amides is 2. The van der Waals surface area contributed by atoms with E-state index in [-0.39, 0.29) is 12.2 Å². The molecule has 1 fully saturated rings. The number of hydrogen-bond acceptors (Lipinski definition) is 6. The number of thioether (sulfide) groups is 2. The van der Waals surface area contributed by atoms with Gasteiger partial charge in [0.2, 0.25) is 0 Å². The Morgan fingerprint density at radius 1 is 1.05 bits per heavy atom. The number of aromatic hydroxyl groups is 1. The largest absolute Gasteiger partial charge is 0.508 e. The van der Waals surface area contributed by atoms with Gasteiger partial charge in [-0.05, 0) is 24.1 Å². The number of rotatable bonds is 5. The fourth-order valence-electron chi connectivity index (χ4n) is 2.27. The molecule has 2 unspecified atom stereocenters. The summed E-state index contributed by atoms with van der Waals surface area (Å²) in [5, 5.41) is 24.7. The average Bonchev–Trinajstić information content (AvgIpc) is 2.52. The Morgan fingerprint density at radius 2 is 1.59 bits per heavy atom. The highest BCUT2D eigenvalue weighted by Crippen LogP contribution is 2.34. The van der Waals surface area contributed by atoms with E-state index in [0.717, 1.165) is 11.8 Å². The maximum atomic E-state index is 12.6. The van der Waals surface area contributed by atoms with Crippen molar-refractivity contribution in [2.24, 2.45) is 0 Å². The lowest BCUT2D eigenvalue weighted by Gasteiger charge is -2.43. The molecule has 22 heavy (non-hydrogen) atoms. The number of phenols is 1. The van der Waals surface area contributed by atoms with Gasteiger partial charge < -0.3 is 20.8 Å². The molecule has 1 aromatic carbocycles. The highest BCUT2D eigenvalue weighted by atomic mass is 32.2. The minimum Gasteiger partial charge on any atom is -0.508 e. The maximum absolute atomic E-state index is 12.6. The summed E-state index contributed by atoms with van der Waals surface area (Å²) in [6.45, 7) is -0.493. The first-order valence-corrected chi connectivity index (χ1v) is 9.01. The van der Waals surface area contributed by atoms with Gasteiger partial charge in [-0.1, -0.05) is 18.2 Å². The number of hydrogen-bond donors (Lipinski definition) is 4. The molecule has 2 amide bonds. The number of benzene rings is 1. The van der Waals surface area contributed by atoms with Crippen LogP contribution in [0.3, 0.4) is 0 Å². The van der Waals surface area contributed by atoms with Crippen LogP contribution in [0, 0.1) is 0 Å². The third kappa shape index (κ3) is 2.78. The van der Waals surface area contributed by atoms with Crippen molar-refractivity contribution in [2.45, 2.75) is 16.2 Å². The Bertz CT molecular complexity index is 592. The van der Waals surface area contributed by atoms with E-state index in [1.165, 1.54) is 17.8 Å². The van der Waals surface area contributed by atoms with Gasteiger partial charge >= 0.3 is 0 Å². The van der Waals surface area contributed by atoms with E-state index in [0.29, 0.717) is 5.56 Å². The van der Waals surface area contributed by atoms with Crippen LogP contribution in [0.5, 0.6) is 5.75 Å². The third-order valence-corrected chi connectivity index (χ3v) is 5.96. The van der Waals surface area contributed by atoms with Gasteiger partial charge in [-0.2, -0.15) is 0 Å². The predicted molar refractivity (Wildman–Crippen MR) is 87.7 cm³/mol. The van der Waals surface area contributed by atoms with E-state index < -0.39 is 28.2 Å². The molecule has 1 heterocycles. The Hall–Kier alpha value is -1.38. The summed E-state index contributed by atoms with van der Waals surface area (Å²) >= 11 is 2.26. The summed E-state index contributed by atoms with van der Waals surface area (Å²) in [6.07, 6.45) is 3.50. The molecule has 2 rings (SSSR count). The summed E-state index contributed by atoms with van der Waals surface area (Å²) in [6, 6.07) is 6.68. The van der Waals surface area contributed by atoms with E-state index in [9.17, 15) is 19.8 Å². The Labute approximate surface area is 137 Å². The molecular weight excluding hydrogens is 324 g/mol. The van der Waals surface area contributed by atoms with Gasteiger partial charge in [-0.15, -0.1) is 23.5 Å². The lowest BCUT2D eigenvalue weighted by atomic mass is 10.0. The number of carbonyl (C=O) groups excluding carboxylic acids is 2. The van der Waals surface area contributed by atoms with Crippen molar-refractivity contribution in [3.63, 3.8) is 0 Å². The predicted octanol–water partition coefficient (Wildman–Crippen LogP) is 0.292. The molecule has 4 N–H and O–H groups in total. The average molecular weight is 342 g/mol. The zero-order valence-electron chi connectivity index (χ0n) is 12.3. The minimum atomic E-state index is -1.37. The number of carbonyl (C=O) groups is 2. The monoisotopic (exact) mass is 342 g/mol. The van der Waals surface area contributed by atoms with Crippen molar-refractivity contribution in [3.05, 3.63) is 29.8 Å². The summed E-state index contributed by atoms with van der Waals surface area (Å²) in [4.78, 5) is 22.4. The second kappa shape index (κ2) is 6.39. The summed E-state index contributed by atoms with van der Waals surface area (Å²) in [5.41, 5.74) is 0.563. The number of nitrogens with one attached hydrogen (secondary N) is 2. The fraction of sp³-hybridized carbons (Fsp3) is 0.429. The van der Waals surface area contributed by atoms with Crippen LogP contribution in [0.25, 0.3) is 0 Å². The van der Waals surface area contributed by atoms with Crippen molar-refractivity contribution >= 4 is 35.3 Å². The van der Waals surface area contributed by atoms with Gasteiger partial charge in [0.1, 0.15) is 5.75 Å². The van der Waals surface area contributed by atoms with E-state index in [2.05, 4.69) is 10.6 Å².